The van der Waals surface area contributed by atoms with Crippen LogP contribution in [0.5, 0.6) is 0 Å². The maximum atomic E-state index is 13.9. The summed E-state index contributed by atoms with van der Waals surface area (Å²) in [6, 6.07) is 7.62. The first kappa shape index (κ1) is 14.0. The molecule has 1 aromatic carbocycles. The number of benzene rings is 1. The Morgan fingerprint density at radius 3 is 2.65 bits per heavy atom. The third-order valence-corrected chi connectivity index (χ3v) is 4.29. The van der Waals surface area contributed by atoms with E-state index < -0.39 is 5.82 Å². The summed E-state index contributed by atoms with van der Waals surface area (Å²) in [7, 11) is 0. The summed E-state index contributed by atoms with van der Waals surface area (Å²) in [5, 5.41) is 13.2. The first-order chi connectivity index (χ1) is 11.2. The molecule has 8 heteroatoms. The van der Waals surface area contributed by atoms with Gasteiger partial charge in [0.2, 0.25) is 5.16 Å². The molecule has 4 rings (SSSR count). The maximum absolute atomic E-state index is 13.9. The topological polar surface area (TPSA) is 56.0 Å². The summed E-state index contributed by atoms with van der Waals surface area (Å²) in [6.45, 7) is 0. The Hall–Kier alpha value is -2.61. The Morgan fingerprint density at radius 2 is 1.87 bits per heavy atom. The van der Waals surface area contributed by atoms with Gasteiger partial charge in [-0.05, 0) is 23.8 Å². The van der Waals surface area contributed by atoms with Gasteiger partial charge in [-0.25, -0.2) is 8.78 Å². The fourth-order valence-corrected chi connectivity index (χ4v) is 3.07. The largest absolute Gasteiger partial charge is 0.262 e. The minimum absolute atomic E-state index is 0.281. The molecule has 0 N–H and O–H groups in total. The van der Waals surface area contributed by atoms with Crippen molar-refractivity contribution in [2.75, 3.05) is 5.75 Å². The van der Waals surface area contributed by atoms with Crippen molar-refractivity contribution in [3.8, 4) is 11.4 Å². The zero-order chi connectivity index (χ0) is 15.8. The Kier molecular flexibility index (Phi) is 3.38. The van der Waals surface area contributed by atoms with Crippen molar-refractivity contribution in [2.45, 2.75) is 5.16 Å². The van der Waals surface area contributed by atoms with Gasteiger partial charge in [-0.15, -0.1) is 10.2 Å². The van der Waals surface area contributed by atoms with Crippen molar-refractivity contribution < 1.29 is 8.78 Å². The highest BCUT2D eigenvalue weighted by atomic mass is 32.2. The van der Waals surface area contributed by atoms with Crippen molar-refractivity contribution in [3.05, 3.63) is 59.9 Å². The van der Waals surface area contributed by atoms with Crippen molar-refractivity contribution in [3.63, 3.8) is 0 Å². The van der Waals surface area contributed by atoms with Crippen LogP contribution in [0.4, 0.5) is 8.78 Å². The van der Waals surface area contributed by atoms with Crippen molar-refractivity contribution in [1.82, 2.24) is 19.9 Å². The normalized spacial score (nSPS) is 13.6. The van der Waals surface area contributed by atoms with E-state index in [9.17, 15) is 8.78 Å². The number of nitrogens with zero attached hydrogens (tertiary/aromatic N) is 5. The molecule has 0 unspecified atom stereocenters. The van der Waals surface area contributed by atoms with Crippen LogP contribution >= 0.6 is 11.8 Å². The van der Waals surface area contributed by atoms with Crippen LogP contribution in [0.3, 0.4) is 0 Å². The Labute approximate surface area is 134 Å². The van der Waals surface area contributed by atoms with E-state index in [1.54, 1.807) is 12.1 Å². The molecule has 0 saturated carbocycles. The number of thioether (sulfide) groups is 1. The number of hydrogen-bond donors (Lipinski definition) is 0. The van der Waals surface area contributed by atoms with Crippen LogP contribution < -0.4 is 0 Å². The molecule has 0 spiro atoms. The molecule has 1 aliphatic rings. The van der Waals surface area contributed by atoms with E-state index in [2.05, 4.69) is 20.3 Å². The average Bonchev–Trinajstić information content (AvgIpc) is 2.99. The average molecular weight is 329 g/mol. The van der Waals surface area contributed by atoms with E-state index in [1.165, 1.54) is 40.8 Å². The van der Waals surface area contributed by atoms with Crippen molar-refractivity contribution >= 4 is 17.5 Å². The van der Waals surface area contributed by atoms with Gasteiger partial charge in [0.1, 0.15) is 5.82 Å². The van der Waals surface area contributed by atoms with Gasteiger partial charge in [0.25, 0.3) is 0 Å². The van der Waals surface area contributed by atoms with E-state index in [-0.39, 0.29) is 11.4 Å². The number of fused-ring (bicyclic) bond motifs is 1. The van der Waals surface area contributed by atoms with Gasteiger partial charge in [-0.3, -0.25) is 4.98 Å². The molecule has 0 radical (unpaired) electrons. The summed E-state index contributed by atoms with van der Waals surface area (Å²) < 4.78 is 28.5. The minimum atomic E-state index is -0.489. The maximum Gasteiger partial charge on any atom is 0.212 e. The highest BCUT2D eigenvalue weighted by Gasteiger charge is 2.22. The van der Waals surface area contributed by atoms with Crippen LogP contribution in [0.2, 0.25) is 0 Å². The second kappa shape index (κ2) is 5.54. The lowest BCUT2D eigenvalue weighted by Gasteiger charge is -2.14. The number of rotatable bonds is 2. The van der Waals surface area contributed by atoms with Gasteiger partial charge in [-0.1, -0.05) is 23.9 Å². The molecule has 0 saturated heterocycles. The van der Waals surface area contributed by atoms with Gasteiger partial charge in [-0.2, -0.15) is 9.78 Å². The molecular formula is C15H9F2N5S. The first-order valence-electron chi connectivity index (χ1n) is 6.74. The molecule has 2 aromatic heterocycles. The molecular weight excluding hydrogens is 320 g/mol. The van der Waals surface area contributed by atoms with Crippen LogP contribution in [0.25, 0.3) is 11.4 Å². The second-order valence-corrected chi connectivity index (χ2v) is 5.76. The number of hydrogen-bond acceptors (Lipinski definition) is 5. The molecule has 0 aliphatic carbocycles. The van der Waals surface area contributed by atoms with Gasteiger partial charge >= 0.3 is 0 Å². The van der Waals surface area contributed by atoms with E-state index in [0.29, 0.717) is 16.7 Å². The van der Waals surface area contributed by atoms with Crippen LogP contribution in [-0.4, -0.2) is 31.3 Å². The molecule has 3 aromatic rings. The van der Waals surface area contributed by atoms with E-state index in [4.69, 9.17) is 0 Å². The van der Waals surface area contributed by atoms with Crippen molar-refractivity contribution in [1.29, 1.82) is 0 Å². The Bertz CT molecular complexity index is 904. The zero-order valence-corrected chi connectivity index (χ0v) is 12.5. The van der Waals surface area contributed by atoms with Gasteiger partial charge < -0.3 is 0 Å². The number of pyridine rings is 1. The van der Waals surface area contributed by atoms with Crippen LogP contribution in [0.1, 0.15) is 5.56 Å². The molecule has 3 heterocycles. The quantitative estimate of drug-likeness (QED) is 0.725. The molecule has 5 nitrogen and oxygen atoms in total. The summed E-state index contributed by atoms with van der Waals surface area (Å²) in [4.78, 5) is 3.73. The van der Waals surface area contributed by atoms with Crippen LogP contribution in [0, 0.1) is 11.6 Å². The summed E-state index contributed by atoms with van der Waals surface area (Å²) in [6.07, 6.45) is 2.61. The lowest BCUT2D eigenvalue weighted by Crippen LogP contribution is -2.14. The third kappa shape index (κ3) is 2.50. The zero-order valence-electron chi connectivity index (χ0n) is 11.6. The monoisotopic (exact) mass is 329 g/mol. The van der Waals surface area contributed by atoms with E-state index >= 15 is 0 Å². The fraction of sp³-hybridized carbons (Fsp3) is 0.0667. The molecule has 0 atom stereocenters. The third-order valence-electron chi connectivity index (χ3n) is 3.36. The lowest BCUT2D eigenvalue weighted by molar-refractivity contribution is 0.621. The van der Waals surface area contributed by atoms with Crippen molar-refractivity contribution in [2.24, 2.45) is 5.10 Å². The molecule has 114 valence electrons. The first-order valence-corrected chi connectivity index (χ1v) is 7.73. The molecule has 0 fully saturated rings. The number of aromatic nitrogens is 4. The van der Waals surface area contributed by atoms with Gasteiger partial charge in [0.05, 0.1) is 17.5 Å². The SMILES string of the molecule is Fc1ccc(C2=Nn3c(nnc3-c3ccncc3F)SC2)cc1. The molecule has 0 bridgehead atoms. The smallest absolute Gasteiger partial charge is 0.212 e. The summed E-state index contributed by atoms with van der Waals surface area (Å²) in [5.41, 5.74) is 1.83. The van der Waals surface area contributed by atoms with Crippen LogP contribution in [-0.2, 0) is 0 Å². The van der Waals surface area contributed by atoms with E-state index in [0.717, 1.165) is 17.5 Å². The molecule has 1 aliphatic heterocycles. The predicted octanol–water partition coefficient (Wildman–Crippen LogP) is 2.98. The second-order valence-electron chi connectivity index (χ2n) is 4.82. The van der Waals surface area contributed by atoms with Gasteiger partial charge in [0, 0.05) is 11.9 Å². The summed E-state index contributed by atoms with van der Waals surface area (Å²) >= 11 is 1.44. The molecule has 0 amide bonds. The highest BCUT2D eigenvalue weighted by molar-refractivity contribution is 7.99. The molecule has 23 heavy (non-hydrogen) atoms. The summed E-state index contributed by atoms with van der Waals surface area (Å²) in [5.74, 6) is 0.105. The Balaban J connectivity index is 1.81. The van der Waals surface area contributed by atoms with Crippen LogP contribution in [0.15, 0.2) is 53.0 Å². The highest BCUT2D eigenvalue weighted by Crippen LogP contribution is 2.29. The predicted molar refractivity (Wildman–Crippen MR) is 82.3 cm³/mol. The minimum Gasteiger partial charge on any atom is -0.262 e. The van der Waals surface area contributed by atoms with E-state index in [1.807, 2.05) is 0 Å². The fourth-order valence-electron chi connectivity index (χ4n) is 2.24. The van der Waals surface area contributed by atoms with Gasteiger partial charge in [0.15, 0.2) is 11.6 Å². The lowest BCUT2D eigenvalue weighted by atomic mass is 10.1. The Morgan fingerprint density at radius 1 is 1.04 bits per heavy atom. The standard InChI is InChI=1S/C15H9F2N5S/c16-10-3-1-9(2-4-10)13-8-23-15-20-19-14(22(15)21-13)11-5-6-18-7-12(11)17/h1-7H,8H2. The number of halogens is 2.